The van der Waals surface area contributed by atoms with E-state index in [-0.39, 0.29) is 17.6 Å². The van der Waals surface area contributed by atoms with Crippen LogP contribution < -0.4 is 5.32 Å². The fourth-order valence-corrected chi connectivity index (χ4v) is 1.78. The molecule has 3 heteroatoms. The van der Waals surface area contributed by atoms with Gasteiger partial charge in [0.25, 0.3) is 0 Å². The molecule has 2 N–H and O–H groups in total. The maximum atomic E-state index is 9.23. The van der Waals surface area contributed by atoms with E-state index >= 15 is 0 Å². The SMILES string of the molecule is CC(C)(CO)NCC(C)(C)c1ccc(Br)cc1. The summed E-state index contributed by atoms with van der Waals surface area (Å²) < 4.78 is 1.10. The van der Waals surface area contributed by atoms with Crippen LogP contribution in [0.3, 0.4) is 0 Å². The van der Waals surface area contributed by atoms with Crippen molar-refractivity contribution in [2.75, 3.05) is 13.2 Å². The lowest BCUT2D eigenvalue weighted by Crippen LogP contribution is -2.48. The normalized spacial score (nSPS) is 12.8. The van der Waals surface area contributed by atoms with Crippen LogP contribution in [0.1, 0.15) is 33.3 Å². The first-order valence-corrected chi connectivity index (χ1v) is 6.68. The van der Waals surface area contributed by atoms with Gasteiger partial charge in [-0.1, -0.05) is 41.9 Å². The molecule has 0 aliphatic heterocycles. The Morgan fingerprint density at radius 2 is 1.65 bits per heavy atom. The second-order valence-corrected chi connectivity index (χ2v) is 6.70. The monoisotopic (exact) mass is 299 g/mol. The molecule has 0 fully saturated rings. The Hall–Kier alpha value is -0.380. The zero-order valence-corrected chi connectivity index (χ0v) is 12.6. The molecule has 17 heavy (non-hydrogen) atoms. The first kappa shape index (κ1) is 14.7. The van der Waals surface area contributed by atoms with Crippen LogP contribution in [-0.2, 0) is 5.41 Å². The zero-order chi connectivity index (χ0) is 13.1. The van der Waals surface area contributed by atoms with Crippen molar-refractivity contribution in [1.82, 2.24) is 5.32 Å². The van der Waals surface area contributed by atoms with Crippen LogP contribution in [0.4, 0.5) is 0 Å². The van der Waals surface area contributed by atoms with Crippen LogP contribution >= 0.6 is 15.9 Å². The third-order valence-electron chi connectivity index (χ3n) is 3.03. The van der Waals surface area contributed by atoms with Gasteiger partial charge in [0.1, 0.15) is 0 Å². The lowest BCUT2D eigenvalue weighted by atomic mass is 9.84. The number of nitrogens with one attached hydrogen (secondary N) is 1. The molecule has 0 unspecified atom stereocenters. The van der Waals surface area contributed by atoms with Gasteiger partial charge in [-0.15, -0.1) is 0 Å². The van der Waals surface area contributed by atoms with Crippen LogP contribution in [0, 0.1) is 0 Å². The van der Waals surface area contributed by atoms with Gasteiger partial charge in [-0.05, 0) is 31.5 Å². The minimum absolute atomic E-state index is 0.0488. The van der Waals surface area contributed by atoms with E-state index in [4.69, 9.17) is 0 Å². The summed E-state index contributed by atoms with van der Waals surface area (Å²) in [6.07, 6.45) is 0. The molecular formula is C14H22BrNO. The van der Waals surface area contributed by atoms with E-state index in [1.807, 2.05) is 13.8 Å². The molecular weight excluding hydrogens is 278 g/mol. The maximum absolute atomic E-state index is 9.23. The predicted octanol–water partition coefficient (Wildman–Crippen LogP) is 3.09. The third kappa shape index (κ3) is 4.41. The van der Waals surface area contributed by atoms with Crippen molar-refractivity contribution in [1.29, 1.82) is 0 Å². The third-order valence-corrected chi connectivity index (χ3v) is 3.56. The van der Waals surface area contributed by atoms with Gasteiger partial charge in [0.05, 0.1) is 6.61 Å². The van der Waals surface area contributed by atoms with E-state index in [1.54, 1.807) is 0 Å². The van der Waals surface area contributed by atoms with Crippen molar-refractivity contribution < 1.29 is 5.11 Å². The molecule has 0 aromatic heterocycles. The number of benzene rings is 1. The van der Waals surface area contributed by atoms with Crippen molar-refractivity contribution in [3.63, 3.8) is 0 Å². The van der Waals surface area contributed by atoms with E-state index in [1.165, 1.54) is 5.56 Å². The average molecular weight is 300 g/mol. The molecule has 0 amide bonds. The minimum atomic E-state index is -0.230. The van der Waals surface area contributed by atoms with Crippen LogP contribution in [0.2, 0.25) is 0 Å². The second-order valence-electron chi connectivity index (χ2n) is 5.79. The van der Waals surface area contributed by atoms with Gasteiger partial charge >= 0.3 is 0 Å². The highest BCUT2D eigenvalue weighted by Crippen LogP contribution is 2.24. The molecule has 0 aliphatic rings. The second kappa shape index (κ2) is 5.51. The molecule has 0 saturated heterocycles. The molecule has 2 nitrogen and oxygen atoms in total. The first-order chi connectivity index (χ1) is 7.77. The van der Waals surface area contributed by atoms with E-state index in [9.17, 15) is 5.11 Å². The fraction of sp³-hybridized carbons (Fsp3) is 0.571. The maximum Gasteiger partial charge on any atom is 0.0607 e. The van der Waals surface area contributed by atoms with Gasteiger partial charge in [0.15, 0.2) is 0 Å². The molecule has 1 aromatic carbocycles. The zero-order valence-electron chi connectivity index (χ0n) is 11.0. The smallest absolute Gasteiger partial charge is 0.0607 e. The number of halogens is 1. The summed E-state index contributed by atoms with van der Waals surface area (Å²) in [7, 11) is 0. The average Bonchev–Trinajstić information content (AvgIpc) is 2.27. The molecule has 1 aromatic rings. The van der Waals surface area contributed by atoms with Crippen LogP contribution in [0.5, 0.6) is 0 Å². The minimum Gasteiger partial charge on any atom is -0.394 e. The van der Waals surface area contributed by atoms with Crippen molar-refractivity contribution >= 4 is 15.9 Å². The highest BCUT2D eigenvalue weighted by molar-refractivity contribution is 9.10. The first-order valence-electron chi connectivity index (χ1n) is 5.89. The standard InChI is InChI=1S/C14H22BrNO/c1-13(2,9-16-14(3,4)10-17)11-5-7-12(15)8-6-11/h5-8,16-17H,9-10H2,1-4H3. The lowest BCUT2D eigenvalue weighted by molar-refractivity contribution is 0.181. The van der Waals surface area contributed by atoms with Gasteiger partial charge in [0, 0.05) is 22.0 Å². The molecule has 0 spiro atoms. The van der Waals surface area contributed by atoms with Crippen molar-refractivity contribution in [2.45, 2.75) is 38.6 Å². The molecule has 0 heterocycles. The molecule has 0 saturated carbocycles. The van der Waals surface area contributed by atoms with E-state index in [2.05, 4.69) is 59.4 Å². The highest BCUT2D eigenvalue weighted by Gasteiger charge is 2.24. The Morgan fingerprint density at radius 3 is 2.12 bits per heavy atom. The van der Waals surface area contributed by atoms with Gasteiger partial charge in [0.2, 0.25) is 0 Å². The summed E-state index contributed by atoms with van der Waals surface area (Å²) in [5.41, 5.74) is 1.11. The Morgan fingerprint density at radius 1 is 1.12 bits per heavy atom. The summed E-state index contributed by atoms with van der Waals surface area (Å²) in [5, 5.41) is 12.6. The Balaban J connectivity index is 2.71. The molecule has 1 rings (SSSR count). The number of hydrogen-bond donors (Lipinski definition) is 2. The molecule has 0 bridgehead atoms. The van der Waals surface area contributed by atoms with Gasteiger partial charge in [-0.25, -0.2) is 0 Å². The van der Waals surface area contributed by atoms with Gasteiger partial charge in [-0.3, -0.25) is 0 Å². The van der Waals surface area contributed by atoms with E-state index < -0.39 is 0 Å². The van der Waals surface area contributed by atoms with E-state index in [0.29, 0.717) is 0 Å². The topological polar surface area (TPSA) is 32.3 Å². The Kier molecular flexibility index (Phi) is 4.76. The summed E-state index contributed by atoms with van der Waals surface area (Å²) in [4.78, 5) is 0. The Bertz CT molecular complexity index is 357. The fourth-order valence-electron chi connectivity index (χ4n) is 1.52. The summed E-state index contributed by atoms with van der Waals surface area (Å²) in [5.74, 6) is 0. The number of hydrogen-bond acceptors (Lipinski definition) is 2. The number of aliphatic hydroxyl groups excluding tert-OH is 1. The summed E-state index contributed by atoms with van der Waals surface area (Å²) in [6.45, 7) is 9.40. The molecule has 0 aliphatic carbocycles. The van der Waals surface area contributed by atoms with E-state index in [0.717, 1.165) is 11.0 Å². The number of rotatable bonds is 5. The molecule has 96 valence electrons. The lowest BCUT2D eigenvalue weighted by Gasteiger charge is -2.32. The van der Waals surface area contributed by atoms with Crippen LogP contribution in [-0.4, -0.2) is 23.8 Å². The predicted molar refractivity (Wildman–Crippen MR) is 76.3 cm³/mol. The summed E-state index contributed by atoms with van der Waals surface area (Å²) >= 11 is 3.45. The Labute approximate surface area is 113 Å². The van der Waals surface area contributed by atoms with Gasteiger partial charge in [-0.2, -0.15) is 0 Å². The quantitative estimate of drug-likeness (QED) is 0.876. The van der Waals surface area contributed by atoms with Crippen molar-refractivity contribution in [3.05, 3.63) is 34.3 Å². The largest absolute Gasteiger partial charge is 0.394 e. The molecule has 0 radical (unpaired) electrons. The van der Waals surface area contributed by atoms with Crippen molar-refractivity contribution in [2.24, 2.45) is 0 Å². The van der Waals surface area contributed by atoms with Crippen LogP contribution in [0.25, 0.3) is 0 Å². The molecule has 0 atom stereocenters. The summed E-state index contributed by atoms with van der Waals surface area (Å²) in [6, 6.07) is 8.40. The van der Waals surface area contributed by atoms with Crippen LogP contribution in [0.15, 0.2) is 28.7 Å². The van der Waals surface area contributed by atoms with Crippen molar-refractivity contribution in [3.8, 4) is 0 Å². The van der Waals surface area contributed by atoms with Gasteiger partial charge < -0.3 is 10.4 Å². The number of aliphatic hydroxyl groups is 1. The highest BCUT2D eigenvalue weighted by atomic mass is 79.9.